The molecule has 45 heavy (non-hydrogen) atoms. The predicted molar refractivity (Wildman–Crippen MR) is 157 cm³/mol. The molecule has 0 aliphatic rings. The fourth-order valence-electron chi connectivity index (χ4n) is 4.98. The molecule has 3 heterocycles. The van der Waals surface area contributed by atoms with Crippen LogP contribution in [-0.4, -0.2) is 59.9 Å². The molecule has 1 N–H and O–H groups in total. The van der Waals surface area contributed by atoms with Gasteiger partial charge in [-0.1, -0.05) is 49.4 Å². The first-order chi connectivity index (χ1) is 21.8. The summed E-state index contributed by atoms with van der Waals surface area (Å²) in [6, 6.07) is 17.7. The molecule has 0 bridgehead atoms. The number of aromatic nitrogens is 11. The van der Waals surface area contributed by atoms with E-state index in [2.05, 4.69) is 36.0 Å². The van der Waals surface area contributed by atoms with Crippen LogP contribution in [0.3, 0.4) is 0 Å². The van der Waals surface area contributed by atoms with E-state index < -0.39 is 28.8 Å². The average molecular weight is 612 g/mol. The second kappa shape index (κ2) is 12.5. The van der Waals surface area contributed by atoms with Crippen LogP contribution in [-0.2, 0) is 18.7 Å². The lowest BCUT2D eigenvalue weighted by Gasteiger charge is -2.34. The molecular weight excluding hydrogens is 584 g/mol. The lowest BCUT2D eigenvalue weighted by molar-refractivity contribution is -0.0379. The molecule has 0 saturated carbocycles. The van der Waals surface area contributed by atoms with Crippen LogP contribution in [0, 0.1) is 17.6 Å². The van der Waals surface area contributed by atoms with Gasteiger partial charge in [-0.25, -0.2) is 27.9 Å². The maximum absolute atomic E-state index is 14.8. The van der Waals surface area contributed by atoms with Gasteiger partial charge in [0.2, 0.25) is 0 Å². The van der Waals surface area contributed by atoms with E-state index in [1.807, 2.05) is 48.6 Å². The van der Waals surface area contributed by atoms with Crippen molar-refractivity contribution in [3.05, 3.63) is 131 Å². The monoisotopic (exact) mass is 611 g/mol. The number of tetrazole rings is 2. The fraction of sp³-hybridized carbons (Fsp3) is 0.200. The highest BCUT2D eigenvalue weighted by Crippen LogP contribution is 2.36. The number of nitrogens with zero attached hydrogens (tertiary/aromatic N) is 11. The van der Waals surface area contributed by atoms with E-state index in [0.717, 1.165) is 28.9 Å². The Morgan fingerprint density at radius 2 is 1.73 bits per heavy atom. The van der Waals surface area contributed by atoms with Crippen LogP contribution in [0.4, 0.5) is 8.78 Å². The number of hydrogen-bond donors (Lipinski definition) is 1. The third kappa shape index (κ3) is 6.33. The molecule has 228 valence electrons. The van der Waals surface area contributed by atoms with Crippen LogP contribution in [0.5, 0.6) is 0 Å². The molecular formula is C30H27F2N11O2. The molecule has 6 rings (SSSR count). The number of aliphatic hydroxyl groups is 1. The van der Waals surface area contributed by atoms with Crippen molar-refractivity contribution in [1.29, 1.82) is 0 Å². The second-order valence-electron chi connectivity index (χ2n) is 10.5. The summed E-state index contributed by atoms with van der Waals surface area (Å²) in [7, 11) is 0. The Balaban J connectivity index is 1.12. The third-order valence-electron chi connectivity index (χ3n) is 7.54. The van der Waals surface area contributed by atoms with E-state index in [1.165, 1.54) is 43.8 Å². The SMILES string of the molecule is C[C@@H](C/C=C/c1ccc(-n2nnn(Cc3ccc(-n4cnnn4)cc3)c2=O)cc1)[C@](O)(Cn1cncn1)c1ccc(F)cc1F. The highest BCUT2D eigenvalue weighted by molar-refractivity contribution is 5.51. The van der Waals surface area contributed by atoms with Gasteiger partial charge in [0.05, 0.1) is 24.5 Å². The summed E-state index contributed by atoms with van der Waals surface area (Å²) >= 11 is 0. The van der Waals surface area contributed by atoms with Crippen LogP contribution < -0.4 is 5.69 Å². The van der Waals surface area contributed by atoms with E-state index in [9.17, 15) is 18.7 Å². The van der Waals surface area contributed by atoms with E-state index in [0.29, 0.717) is 12.1 Å². The minimum atomic E-state index is -1.69. The van der Waals surface area contributed by atoms with Crippen LogP contribution in [0.25, 0.3) is 17.5 Å². The number of hydrogen-bond acceptors (Lipinski definition) is 9. The molecule has 3 aromatic carbocycles. The molecule has 0 aliphatic heterocycles. The summed E-state index contributed by atoms with van der Waals surface area (Å²) < 4.78 is 33.8. The molecule has 3 aromatic heterocycles. The van der Waals surface area contributed by atoms with Gasteiger partial charge in [0.1, 0.15) is 36.2 Å². The zero-order valence-electron chi connectivity index (χ0n) is 24.0. The van der Waals surface area contributed by atoms with Gasteiger partial charge in [0.15, 0.2) is 0 Å². The Morgan fingerprint density at radius 3 is 2.42 bits per heavy atom. The molecule has 2 atom stereocenters. The van der Waals surface area contributed by atoms with Gasteiger partial charge >= 0.3 is 5.69 Å². The van der Waals surface area contributed by atoms with Gasteiger partial charge in [-0.05, 0) is 74.7 Å². The third-order valence-corrected chi connectivity index (χ3v) is 7.54. The number of halogens is 2. The molecule has 0 unspecified atom stereocenters. The van der Waals surface area contributed by atoms with Gasteiger partial charge in [0.25, 0.3) is 0 Å². The van der Waals surface area contributed by atoms with Crippen molar-refractivity contribution < 1.29 is 13.9 Å². The van der Waals surface area contributed by atoms with E-state index in [1.54, 1.807) is 19.1 Å². The Labute approximate surface area is 254 Å². The molecule has 0 saturated heterocycles. The van der Waals surface area contributed by atoms with Crippen LogP contribution in [0.15, 0.2) is 96.6 Å². The lowest BCUT2D eigenvalue weighted by Crippen LogP contribution is -2.39. The second-order valence-corrected chi connectivity index (χ2v) is 10.5. The van der Waals surface area contributed by atoms with Gasteiger partial charge in [-0.2, -0.15) is 14.5 Å². The fourth-order valence-corrected chi connectivity index (χ4v) is 4.98. The van der Waals surface area contributed by atoms with Gasteiger partial charge in [-0.15, -0.1) is 5.10 Å². The first-order valence-electron chi connectivity index (χ1n) is 13.9. The lowest BCUT2D eigenvalue weighted by atomic mass is 9.80. The quantitative estimate of drug-likeness (QED) is 0.234. The topological polar surface area (TPSA) is 147 Å². The average Bonchev–Trinajstić information content (AvgIpc) is 3.82. The van der Waals surface area contributed by atoms with Gasteiger partial charge in [0, 0.05) is 11.6 Å². The molecule has 0 amide bonds. The first-order valence-corrected chi connectivity index (χ1v) is 13.9. The van der Waals surface area contributed by atoms with Crippen molar-refractivity contribution in [2.24, 2.45) is 5.92 Å². The summed E-state index contributed by atoms with van der Waals surface area (Å²) in [4.78, 5) is 16.9. The highest BCUT2D eigenvalue weighted by atomic mass is 19.1. The van der Waals surface area contributed by atoms with Gasteiger partial charge in [-0.3, -0.25) is 0 Å². The minimum absolute atomic E-state index is 0.0236. The Kier molecular flexibility index (Phi) is 8.16. The van der Waals surface area contributed by atoms with E-state index >= 15 is 0 Å². The summed E-state index contributed by atoms with van der Waals surface area (Å²) in [5.74, 6) is -2.05. The zero-order chi connectivity index (χ0) is 31.4. The zero-order valence-corrected chi connectivity index (χ0v) is 24.0. The van der Waals surface area contributed by atoms with E-state index in [-0.39, 0.29) is 18.7 Å². The summed E-state index contributed by atoms with van der Waals surface area (Å²) in [6.07, 6.45) is 8.33. The Bertz CT molecular complexity index is 1950. The summed E-state index contributed by atoms with van der Waals surface area (Å²) in [6.45, 7) is 1.95. The van der Waals surface area contributed by atoms with Crippen LogP contribution >= 0.6 is 0 Å². The largest absolute Gasteiger partial charge is 0.383 e. The minimum Gasteiger partial charge on any atom is -0.383 e. The van der Waals surface area contributed by atoms with Crippen molar-refractivity contribution in [2.75, 3.05) is 0 Å². The maximum atomic E-state index is 14.8. The van der Waals surface area contributed by atoms with Crippen molar-refractivity contribution in [1.82, 2.24) is 54.8 Å². The van der Waals surface area contributed by atoms with Crippen LogP contribution in [0.2, 0.25) is 0 Å². The molecule has 0 fully saturated rings. The summed E-state index contributed by atoms with van der Waals surface area (Å²) in [5, 5.41) is 34.9. The number of allylic oxidation sites excluding steroid dienone is 1. The van der Waals surface area contributed by atoms with Gasteiger partial charge < -0.3 is 5.11 Å². The normalized spacial score (nSPS) is 13.7. The van der Waals surface area contributed by atoms with Crippen molar-refractivity contribution >= 4 is 6.08 Å². The Hall–Kier alpha value is -5.70. The molecule has 0 radical (unpaired) electrons. The van der Waals surface area contributed by atoms with Crippen molar-refractivity contribution in [2.45, 2.75) is 32.0 Å². The van der Waals surface area contributed by atoms with Crippen molar-refractivity contribution in [3.8, 4) is 11.4 Å². The van der Waals surface area contributed by atoms with Crippen LogP contribution in [0.1, 0.15) is 30.0 Å². The Morgan fingerprint density at radius 1 is 0.956 bits per heavy atom. The molecule has 0 aliphatic carbocycles. The highest BCUT2D eigenvalue weighted by Gasteiger charge is 2.38. The maximum Gasteiger partial charge on any atom is 0.368 e. The number of rotatable bonds is 11. The van der Waals surface area contributed by atoms with E-state index in [4.69, 9.17) is 0 Å². The predicted octanol–water partition coefficient (Wildman–Crippen LogP) is 2.95. The van der Waals surface area contributed by atoms with Crippen molar-refractivity contribution in [3.63, 3.8) is 0 Å². The molecule has 13 nitrogen and oxygen atoms in total. The molecule has 0 spiro atoms. The number of benzene rings is 3. The summed E-state index contributed by atoms with van der Waals surface area (Å²) in [5.41, 5.74) is 0.907. The molecule has 15 heteroatoms. The molecule has 6 aromatic rings. The first kappa shape index (κ1) is 29.4. The smallest absolute Gasteiger partial charge is 0.368 e. The standard InChI is InChI=1S/C30H27F2N11O2/c1-21(30(45,17-40-19-33-18-35-40)27-14-9-24(31)15-28(27)32)3-2-4-22-5-12-26(13-6-22)43-29(44)41(38-39-43)16-23-7-10-25(11-8-23)42-20-34-36-37-42/h2,4-15,18-21,45H,3,16-17H2,1H3/b4-2+/t21-,30+/m0/s1.